The van der Waals surface area contributed by atoms with E-state index in [-0.39, 0.29) is 11.9 Å². The maximum atomic E-state index is 10.8. The first-order valence-corrected chi connectivity index (χ1v) is 5.03. The Hall–Kier alpha value is -0.450. The number of likely N-dealkylation sites (N-methyl/N-ethyl adjacent to an activating group) is 1. The lowest BCUT2D eigenvalue weighted by Gasteiger charge is -2.09. The van der Waals surface area contributed by atoms with Gasteiger partial charge in [0.2, 0.25) is 0 Å². The minimum absolute atomic E-state index is 0.0705. The van der Waals surface area contributed by atoms with Gasteiger partial charge in [0.1, 0.15) is 6.10 Å². The summed E-state index contributed by atoms with van der Waals surface area (Å²) in [7, 11) is 1.89. The predicted molar refractivity (Wildman–Crippen MR) is 55.5 cm³/mol. The van der Waals surface area contributed by atoms with Crippen LogP contribution >= 0.6 is 0 Å². The molecular formula is C10H21NO3. The van der Waals surface area contributed by atoms with Crippen LogP contribution in [0.2, 0.25) is 0 Å². The molecule has 0 rings (SSSR count). The summed E-state index contributed by atoms with van der Waals surface area (Å²) >= 11 is 0. The highest BCUT2D eigenvalue weighted by atomic mass is 16.5. The molecule has 1 atom stereocenters. The van der Waals surface area contributed by atoms with Gasteiger partial charge in [0.25, 0.3) is 0 Å². The third-order valence-corrected chi connectivity index (χ3v) is 1.87. The van der Waals surface area contributed by atoms with Crippen molar-refractivity contribution in [3.05, 3.63) is 0 Å². The fraction of sp³-hybridized carbons (Fsp3) is 0.900. The Labute approximate surface area is 86.0 Å². The Morgan fingerprint density at radius 2 is 2.07 bits per heavy atom. The monoisotopic (exact) mass is 203 g/mol. The molecule has 4 heteroatoms. The average molecular weight is 203 g/mol. The fourth-order valence-corrected chi connectivity index (χ4v) is 0.815. The number of ether oxygens (including phenoxy) is 2. The van der Waals surface area contributed by atoms with Crippen LogP contribution in [0.1, 0.15) is 20.3 Å². The average Bonchev–Trinajstić information content (AvgIpc) is 2.16. The van der Waals surface area contributed by atoms with E-state index >= 15 is 0 Å². The van der Waals surface area contributed by atoms with Gasteiger partial charge in [0.15, 0.2) is 5.78 Å². The number of ketones is 1. The van der Waals surface area contributed by atoms with E-state index in [1.807, 2.05) is 7.05 Å². The highest BCUT2D eigenvalue weighted by molar-refractivity contribution is 5.79. The Kier molecular flexibility index (Phi) is 8.83. The zero-order chi connectivity index (χ0) is 10.8. The van der Waals surface area contributed by atoms with Gasteiger partial charge in [0.05, 0.1) is 6.61 Å². The second-order valence-electron chi connectivity index (χ2n) is 3.19. The van der Waals surface area contributed by atoms with Gasteiger partial charge in [-0.1, -0.05) is 0 Å². The molecule has 14 heavy (non-hydrogen) atoms. The largest absolute Gasteiger partial charge is 0.380 e. The van der Waals surface area contributed by atoms with E-state index in [9.17, 15) is 4.79 Å². The van der Waals surface area contributed by atoms with Gasteiger partial charge in [-0.05, 0) is 27.3 Å². The minimum Gasteiger partial charge on any atom is -0.380 e. The van der Waals surface area contributed by atoms with Gasteiger partial charge in [-0.25, -0.2) is 0 Å². The lowest BCUT2D eigenvalue weighted by Crippen LogP contribution is -2.19. The maximum absolute atomic E-state index is 10.8. The highest BCUT2D eigenvalue weighted by Gasteiger charge is 2.05. The van der Waals surface area contributed by atoms with Crippen molar-refractivity contribution in [2.24, 2.45) is 0 Å². The molecule has 0 amide bonds. The van der Waals surface area contributed by atoms with Crippen molar-refractivity contribution >= 4 is 5.78 Å². The minimum atomic E-state index is -0.285. The van der Waals surface area contributed by atoms with Gasteiger partial charge in [-0.2, -0.15) is 0 Å². The van der Waals surface area contributed by atoms with Gasteiger partial charge in [-0.15, -0.1) is 0 Å². The lowest BCUT2D eigenvalue weighted by molar-refractivity contribution is -0.127. The molecule has 4 nitrogen and oxygen atoms in total. The van der Waals surface area contributed by atoms with Crippen LogP contribution in [0.3, 0.4) is 0 Å². The molecule has 0 aliphatic heterocycles. The molecule has 0 fully saturated rings. The van der Waals surface area contributed by atoms with Gasteiger partial charge >= 0.3 is 0 Å². The van der Waals surface area contributed by atoms with E-state index in [1.54, 1.807) is 6.92 Å². The van der Waals surface area contributed by atoms with Crippen LogP contribution in [-0.2, 0) is 14.3 Å². The van der Waals surface area contributed by atoms with Crippen LogP contribution in [0.15, 0.2) is 0 Å². The van der Waals surface area contributed by atoms with Crippen LogP contribution in [0.4, 0.5) is 0 Å². The van der Waals surface area contributed by atoms with Crippen LogP contribution in [-0.4, -0.2) is 45.3 Å². The molecule has 0 bridgehead atoms. The quantitative estimate of drug-likeness (QED) is 0.558. The van der Waals surface area contributed by atoms with Crippen LogP contribution < -0.4 is 5.32 Å². The molecule has 0 saturated heterocycles. The lowest BCUT2D eigenvalue weighted by atomic mass is 10.3. The van der Waals surface area contributed by atoms with Gasteiger partial charge in [0, 0.05) is 19.8 Å². The number of carbonyl (C=O) groups is 1. The summed E-state index contributed by atoms with van der Waals surface area (Å²) in [6.45, 7) is 6.16. The molecule has 0 aliphatic carbocycles. The number of hydrogen-bond acceptors (Lipinski definition) is 4. The van der Waals surface area contributed by atoms with Crippen LogP contribution in [0, 0.1) is 0 Å². The summed E-state index contributed by atoms with van der Waals surface area (Å²) in [6, 6.07) is 0. The molecular weight excluding hydrogens is 182 g/mol. The zero-order valence-corrected chi connectivity index (χ0v) is 9.34. The molecule has 84 valence electrons. The van der Waals surface area contributed by atoms with E-state index in [2.05, 4.69) is 5.32 Å². The summed E-state index contributed by atoms with van der Waals surface area (Å²) in [5.74, 6) is 0.0705. The van der Waals surface area contributed by atoms with E-state index in [0.29, 0.717) is 13.2 Å². The molecule has 0 spiro atoms. The molecule has 0 heterocycles. The van der Waals surface area contributed by atoms with E-state index < -0.39 is 0 Å². The van der Waals surface area contributed by atoms with Crippen molar-refractivity contribution in [1.82, 2.24) is 5.32 Å². The van der Waals surface area contributed by atoms with E-state index in [4.69, 9.17) is 9.47 Å². The zero-order valence-electron chi connectivity index (χ0n) is 9.34. The Balaban J connectivity index is 3.09. The second kappa shape index (κ2) is 9.12. The maximum Gasteiger partial charge on any atom is 0.158 e. The van der Waals surface area contributed by atoms with E-state index in [0.717, 1.165) is 19.6 Å². The first-order chi connectivity index (χ1) is 6.68. The Morgan fingerprint density at radius 3 is 2.64 bits per heavy atom. The number of nitrogens with one attached hydrogen (secondary N) is 1. The number of hydrogen-bond donors (Lipinski definition) is 1. The fourth-order valence-electron chi connectivity index (χ4n) is 0.815. The molecule has 0 aromatic heterocycles. The van der Waals surface area contributed by atoms with Crippen molar-refractivity contribution in [3.63, 3.8) is 0 Å². The number of rotatable bonds is 9. The van der Waals surface area contributed by atoms with E-state index in [1.165, 1.54) is 6.92 Å². The smallest absolute Gasteiger partial charge is 0.158 e. The number of carbonyl (C=O) groups excluding carboxylic acids is 1. The molecule has 0 aromatic rings. The van der Waals surface area contributed by atoms with Crippen LogP contribution in [0.25, 0.3) is 0 Å². The predicted octanol–water partition coefficient (Wildman–Crippen LogP) is 0.607. The number of Topliss-reactive ketones (excluding diaryl/α,β-unsaturated/α-hetero) is 1. The molecule has 1 N–H and O–H groups in total. The molecule has 0 unspecified atom stereocenters. The van der Waals surface area contributed by atoms with Crippen molar-refractivity contribution in [2.75, 3.05) is 33.4 Å². The Bertz CT molecular complexity index is 150. The van der Waals surface area contributed by atoms with Gasteiger partial charge in [-0.3, -0.25) is 4.79 Å². The molecule has 0 aliphatic rings. The SMILES string of the molecule is CNCCOCCCO[C@H](C)C(C)=O. The normalized spacial score (nSPS) is 12.8. The summed E-state index contributed by atoms with van der Waals surface area (Å²) in [6.07, 6.45) is 0.550. The molecule has 0 radical (unpaired) electrons. The third-order valence-electron chi connectivity index (χ3n) is 1.87. The first kappa shape index (κ1) is 13.5. The highest BCUT2D eigenvalue weighted by Crippen LogP contribution is 1.94. The van der Waals surface area contributed by atoms with Crippen LogP contribution in [0.5, 0.6) is 0 Å². The van der Waals surface area contributed by atoms with Crippen molar-refractivity contribution in [1.29, 1.82) is 0 Å². The summed E-state index contributed by atoms with van der Waals surface area (Å²) in [4.78, 5) is 10.8. The Morgan fingerprint density at radius 1 is 1.36 bits per heavy atom. The summed E-state index contributed by atoms with van der Waals surface area (Å²) in [5.41, 5.74) is 0. The first-order valence-electron chi connectivity index (χ1n) is 5.03. The summed E-state index contributed by atoms with van der Waals surface area (Å²) < 4.78 is 10.6. The second-order valence-corrected chi connectivity index (χ2v) is 3.19. The molecule has 0 aromatic carbocycles. The van der Waals surface area contributed by atoms with Crippen molar-refractivity contribution < 1.29 is 14.3 Å². The van der Waals surface area contributed by atoms with Gasteiger partial charge < -0.3 is 14.8 Å². The third kappa shape index (κ3) is 8.16. The summed E-state index contributed by atoms with van der Waals surface area (Å²) in [5, 5.41) is 2.99. The van der Waals surface area contributed by atoms with Crippen molar-refractivity contribution in [2.45, 2.75) is 26.4 Å². The molecule has 0 saturated carbocycles. The van der Waals surface area contributed by atoms with Crippen molar-refractivity contribution in [3.8, 4) is 0 Å². The topological polar surface area (TPSA) is 47.6 Å². The standard InChI is InChI=1S/C10H21NO3/c1-9(12)10(2)14-7-4-6-13-8-5-11-3/h10-11H,4-8H2,1-3H3/t10-/m1/s1.